The van der Waals surface area contributed by atoms with Gasteiger partial charge < -0.3 is 20.4 Å². The number of nitrogens with one attached hydrogen (secondary N) is 1. The SMILES string of the molecule is CCNc1ccc(-c2ccc3c(c2)CCCN3C=O)c(C)n1.Cc1ccc(O)cc1O. The molecular weight excluding hydrogens is 390 g/mol. The zero-order valence-corrected chi connectivity index (χ0v) is 18.2. The largest absolute Gasteiger partial charge is 0.508 e. The quantitative estimate of drug-likeness (QED) is 0.529. The molecule has 162 valence electrons. The van der Waals surface area contributed by atoms with E-state index in [9.17, 15) is 4.79 Å². The van der Waals surface area contributed by atoms with E-state index in [0.717, 1.165) is 60.7 Å². The van der Waals surface area contributed by atoms with Gasteiger partial charge in [-0.05, 0) is 80.6 Å². The van der Waals surface area contributed by atoms with Crippen LogP contribution in [0, 0.1) is 13.8 Å². The van der Waals surface area contributed by atoms with Crippen LogP contribution in [0.15, 0.2) is 48.5 Å². The van der Waals surface area contributed by atoms with E-state index in [1.165, 1.54) is 23.3 Å². The highest BCUT2D eigenvalue weighted by atomic mass is 16.3. The van der Waals surface area contributed by atoms with Gasteiger partial charge >= 0.3 is 0 Å². The predicted molar refractivity (Wildman–Crippen MR) is 125 cm³/mol. The lowest BCUT2D eigenvalue weighted by molar-refractivity contribution is -0.107. The summed E-state index contributed by atoms with van der Waals surface area (Å²) in [7, 11) is 0. The summed E-state index contributed by atoms with van der Waals surface area (Å²) in [6.45, 7) is 7.55. The molecule has 0 saturated heterocycles. The molecule has 1 aliphatic rings. The molecule has 6 heteroatoms. The van der Waals surface area contributed by atoms with E-state index >= 15 is 0 Å². The van der Waals surface area contributed by atoms with E-state index in [0.29, 0.717) is 0 Å². The van der Waals surface area contributed by atoms with Crippen LogP contribution in [0.1, 0.15) is 30.2 Å². The van der Waals surface area contributed by atoms with Gasteiger partial charge in [-0.3, -0.25) is 4.79 Å². The van der Waals surface area contributed by atoms with Gasteiger partial charge in [-0.1, -0.05) is 12.1 Å². The Hall–Kier alpha value is -3.54. The first kappa shape index (κ1) is 22.2. The second kappa shape index (κ2) is 9.98. The molecule has 0 unspecified atom stereocenters. The number of carbonyl (C=O) groups excluding carboxylic acids is 1. The first-order chi connectivity index (χ1) is 14.9. The molecule has 0 radical (unpaired) electrons. The Kier molecular flexibility index (Phi) is 7.13. The van der Waals surface area contributed by atoms with Crippen LogP contribution >= 0.6 is 0 Å². The normalized spacial score (nSPS) is 12.4. The molecule has 1 aliphatic heterocycles. The number of amides is 1. The lowest BCUT2D eigenvalue weighted by Crippen LogP contribution is -2.27. The highest BCUT2D eigenvalue weighted by molar-refractivity contribution is 5.80. The summed E-state index contributed by atoms with van der Waals surface area (Å²) in [4.78, 5) is 17.5. The van der Waals surface area contributed by atoms with E-state index in [1.807, 2.05) is 13.0 Å². The average Bonchev–Trinajstić information content (AvgIpc) is 2.76. The third-order valence-corrected chi connectivity index (χ3v) is 5.31. The summed E-state index contributed by atoms with van der Waals surface area (Å²) in [5.41, 5.74) is 6.38. The van der Waals surface area contributed by atoms with Crippen molar-refractivity contribution in [3.05, 3.63) is 65.4 Å². The third kappa shape index (κ3) is 5.34. The predicted octanol–water partition coefficient (Wildman–Crippen LogP) is 4.80. The Labute approximate surface area is 183 Å². The van der Waals surface area contributed by atoms with Crippen LogP contribution in [-0.2, 0) is 11.2 Å². The Bertz CT molecular complexity index is 1070. The Morgan fingerprint density at radius 2 is 1.90 bits per heavy atom. The summed E-state index contributed by atoms with van der Waals surface area (Å²) in [6.07, 6.45) is 2.97. The number of anilines is 2. The summed E-state index contributed by atoms with van der Waals surface area (Å²) in [6, 6.07) is 15.0. The van der Waals surface area contributed by atoms with Crippen molar-refractivity contribution in [1.82, 2.24) is 4.98 Å². The number of aryl methyl sites for hydroxylation is 3. The topological polar surface area (TPSA) is 85.7 Å². The van der Waals surface area contributed by atoms with Gasteiger partial charge in [-0.2, -0.15) is 0 Å². The number of hydrogen-bond donors (Lipinski definition) is 3. The van der Waals surface area contributed by atoms with Crippen LogP contribution in [0.5, 0.6) is 11.5 Å². The number of aromatic hydroxyl groups is 2. The maximum absolute atomic E-state index is 11.1. The Morgan fingerprint density at radius 3 is 2.55 bits per heavy atom. The van der Waals surface area contributed by atoms with Gasteiger partial charge in [0.25, 0.3) is 0 Å². The lowest BCUT2D eigenvalue weighted by atomic mass is 9.96. The number of phenolic OH excluding ortho intramolecular Hbond substituents is 2. The fraction of sp³-hybridized carbons (Fsp3) is 0.280. The summed E-state index contributed by atoms with van der Waals surface area (Å²) in [5.74, 6) is 1.14. The molecule has 4 rings (SSSR count). The van der Waals surface area contributed by atoms with E-state index in [1.54, 1.807) is 17.9 Å². The molecular formula is C25H29N3O3. The minimum Gasteiger partial charge on any atom is -0.508 e. The van der Waals surface area contributed by atoms with Gasteiger partial charge in [0.2, 0.25) is 6.41 Å². The highest BCUT2D eigenvalue weighted by Crippen LogP contribution is 2.32. The van der Waals surface area contributed by atoms with Crippen LogP contribution < -0.4 is 10.2 Å². The first-order valence-electron chi connectivity index (χ1n) is 10.5. The van der Waals surface area contributed by atoms with Gasteiger partial charge in [-0.15, -0.1) is 0 Å². The van der Waals surface area contributed by atoms with Gasteiger partial charge in [0, 0.05) is 36.1 Å². The standard InChI is InChI=1S/C18H21N3O.C7H8O2/c1-3-19-18-9-7-16(13(2)20-18)14-6-8-17-15(11-14)5-4-10-21(17)12-22;1-5-2-3-6(8)4-7(5)9/h6-9,11-12H,3-5,10H2,1-2H3,(H,19,20);2-4,8-9H,1H3. The minimum atomic E-state index is 0.0955. The number of phenols is 2. The zero-order valence-electron chi connectivity index (χ0n) is 18.2. The lowest BCUT2D eigenvalue weighted by Gasteiger charge is -2.26. The summed E-state index contributed by atoms with van der Waals surface area (Å²) >= 11 is 0. The molecule has 6 nitrogen and oxygen atoms in total. The summed E-state index contributed by atoms with van der Waals surface area (Å²) in [5, 5.41) is 21.0. The van der Waals surface area contributed by atoms with Crippen LogP contribution in [0.25, 0.3) is 11.1 Å². The van der Waals surface area contributed by atoms with Crippen molar-refractivity contribution in [2.75, 3.05) is 23.3 Å². The number of aromatic nitrogens is 1. The third-order valence-electron chi connectivity index (χ3n) is 5.31. The fourth-order valence-corrected chi connectivity index (χ4v) is 3.65. The molecule has 2 aromatic carbocycles. The fourth-order valence-electron chi connectivity index (χ4n) is 3.65. The molecule has 0 fully saturated rings. The Morgan fingerprint density at radius 1 is 1.10 bits per heavy atom. The first-order valence-corrected chi connectivity index (χ1v) is 10.5. The molecule has 1 aromatic heterocycles. The molecule has 0 saturated carbocycles. The molecule has 1 amide bonds. The monoisotopic (exact) mass is 419 g/mol. The molecule has 0 aliphatic carbocycles. The number of fused-ring (bicyclic) bond motifs is 1. The van der Waals surface area contributed by atoms with Gasteiger partial charge in [0.1, 0.15) is 17.3 Å². The van der Waals surface area contributed by atoms with Crippen molar-refractivity contribution in [2.45, 2.75) is 33.6 Å². The summed E-state index contributed by atoms with van der Waals surface area (Å²) < 4.78 is 0. The van der Waals surface area contributed by atoms with Gasteiger partial charge in [0.05, 0.1) is 0 Å². The van der Waals surface area contributed by atoms with E-state index in [4.69, 9.17) is 10.2 Å². The molecule has 31 heavy (non-hydrogen) atoms. The van der Waals surface area contributed by atoms with Crippen molar-refractivity contribution < 1.29 is 15.0 Å². The van der Waals surface area contributed by atoms with Crippen molar-refractivity contribution in [1.29, 1.82) is 0 Å². The van der Waals surface area contributed by atoms with Crippen LogP contribution in [0.4, 0.5) is 11.5 Å². The molecule has 3 N–H and O–H groups in total. The van der Waals surface area contributed by atoms with Gasteiger partial charge in [-0.25, -0.2) is 4.98 Å². The number of benzene rings is 2. The molecule has 0 spiro atoms. The van der Waals surface area contributed by atoms with Crippen LogP contribution in [0.2, 0.25) is 0 Å². The van der Waals surface area contributed by atoms with E-state index < -0.39 is 0 Å². The minimum absolute atomic E-state index is 0.0955. The van der Waals surface area contributed by atoms with Gasteiger partial charge in [0.15, 0.2) is 0 Å². The van der Waals surface area contributed by atoms with E-state index in [2.05, 4.69) is 41.5 Å². The molecule has 0 atom stereocenters. The maximum atomic E-state index is 11.1. The van der Waals surface area contributed by atoms with Crippen LogP contribution in [0.3, 0.4) is 0 Å². The maximum Gasteiger partial charge on any atom is 0.214 e. The average molecular weight is 420 g/mol. The number of rotatable bonds is 4. The Balaban J connectivity index is 0.000000254. The second-order valence-electron chi connectivity index (χ2n) is 7.58. The smallest absolute Gasteiger partial charge is 0.214 e. The highest BCUT2D eigenvalue weighted by Gasteiger charge is 2.17. The van der Waals surface area contributed by atoms with Crippen molar-refractivity contribution in [2.24, 2.45) is 0 Å². The number of nitrogens with zero attached hydrogens (tertiary/aromatic N) is 2. The molecule has 2 heterocycles. The second-order valence-corrected chi connectivity index (χ2v) is 7.58. The zero-order chi connectivity index (χ0) is 22.4. The van der Waals surface area contributed by atoms with E-state index in [-0.39, 0.29) is 11.5 Å². The van der Waals surface area contributed by atoms with Crippen LogP contribution in [-0.4, -0.2) is 34.7 Å². The number of carbonyl (C=O) groups is 1. The number of hydrogen-bond acceptors (Lipinski definition) is 5. The number of pyridine rings is 1. The molecule has 3 aromatic rings. The van der Waals surface area contributed by atoms with Crippen molar-refractivity contribution in [3.8, 4) is 22.6 Å². The van der Waals surface area contributed by atoms with Crippen molar-refractivity contribution in [3.63, 3.8) is 0 Å². The van der Waals surface area contributed by atoms with Crippen molar-refractivity contribution >= 4 is 17.9 Å². The molecule has 0 bridgehead atoms.